The highest BCUT2D eigenvalue weighted by Gasteiger charge is 2.28. The maximum absolute atomic E-state index is 12.6. The molecule has 1 atom stereocenters. The van der Waals surface area contributed by atoms with Crippen LogP contribution in [-0.4, -0.2) is 29.8 Å². The van der Waals surface area contributed by atoms with Crippen molar-refractivity contribution < 1.29 is 4.79 Å². The number of rotatable bonds is 6. The Bertz CT molecular complexity index is 462. The SMILES string of the molecule is CCN(CC1CC1)C(C)C(=O)c1ccc(C)c(C)c1. The minimum atomic E-state index is -0.00675. The Balaban J connectivity index is 2.09. The van der Waals surface area contributed by atoms with E-state index in [1.165, 1.54) is 24.0 Å². The van der Waals surface area contributed by atoms with Crippen molar-refractivity contribution >= 4 is 5.78 Å². The molecule has 1 fully saturated rings. The summed E-state index contributed by atoms with van der Waals surface area (Å²) in [6, 6.07) is 6.03. The van der Waals surface area contributed by atoms with Gasteiger partial charge in [-0.3, -0.25) is 9.69 Å². The van der Waals surface area contributed by atoms with Gasteiger partial charge in [-0.2, -0.15) is 0 Å². The van der Waals surface area contributed by atoms with Crippen LogP contribution in [0.3, 0.4) is 0 Å². The number of carbonyl (C=O) groups excluding carboxylic acids is 1. The van der Waals surface area contributed by atoms with Crippen molar-refractivity contribution in [3.05, 3.63) is 34.9 Å². The molecule has 0 saturated heterocycles. The highest BCUT2D eigenvalue weighted by atomic mass is 16.1. The molecule has 1 aliphatic carbocycles. The monoisotopic (exact) mass is 259 g/mol. The first-order valence-electron chi connectivity index (χ1n) is 7.38. The van der Waals surface area contributed by atoms with Crippen LogP contribution in [0.5, 0.6) is 0 Å². The lowest BCUT2D eigenvalue weighted by Gasteiger charge is -2.26. The average molecular weight is 259 g/mol. The summed E-state index contributed by atoms with van der Waals surface area (Å²) in [6.45, 7) is 10.4. The van der Waals surface area contributed by atoms with Crippen LogP contribution in [0.15, 0.2) is 18.2 Å². The molecule has 2 nitrogen and oxygen atoms in total. The number of likely N-dealkylation sites (N-methyl/N-ethyl adjacent to an activating group) is 1. The molecule has 1 saturated carbocycles. The van der Waals surface area contributed by atoms with Crippen LogP contribution in [0.1, 0.15) is 48.2 Å². The molecule has 0 heterocycles. The van der Waals surface area contributed by atoms with Crippen LogP contribution in [0.2, 0.25) is 0 Å². The highest BCUT2D eigenvalue weighted by Crippen LogP contribution is 2.30. The predicted octanol–water partition coefficient (Wildman–Crippen LogP) is 3.61. The van der Waals surface area contributed by atoms with Crippen molar-refractivity contribution in [2.45, 2.75) is 46.6 Å². The minimum absolute atomic E-state index is 0.00675. The molecule has 0 aliphatic heterocycles. The Kier molecular flexibility index (Phi) is 4.41. The first kappa shape index (κ1) is 14.3. The number of hydrogen-bond donors (Lipinski definition) is 0. The lowest BCUT2D eigenvalue weighted by molar-refractivity contribution is 0.0839. The summed E-state index contributed by atoms with van der Waals surface area (Å²) < 4.78 is 0. The van der Waals surface area contributed by atoms with Gasteiger partial charge in [-0.1, -0.05) is 19.1 Å². The molecule has 1 aromatic rings. The third kappa shape index (κ3) is 3.44. The molecule has 0 N–H and O–H groups in total. The van der Waals surface area contributed by atoms with Crippen LogP contribution in [0.4, 0.5) is 0 Å². The Morgan fingerprint density at radius 1 is 1.32 bits per heavy atom. The highest BCUT2D eigenvalue weighted by molar-refractivity contribution is 6.00. The summed E-state index contributed by atoms with van der Waals surface area (Å²) in [7, 11) is 0. The smallest absolute Gasteiger partial charge is 0.179 e. The molecule has 1 unspecified atom stereocenters. The zero-order valence-electron chi connectivity index (χ0n) is 12.6. The van der Waals surface area contributed by atoms with E-state index in [2.05, 4.69) is 25.7 Å². The molecule has 1 aliphatic rings. The second-order valence-corrected chi connectivity index (χ2v) is 5.87. The van der Waals surface area contributed by atoms with Gasteiger partial charge in [0, 0.05) is 12.1 Å². The zero-order valence-corrected chi connectivity index (χ0v) is 12.6. The second-order valence-electron chi connectivity index (χ2n) is 5.87. The fourth-order valence-electron chi connectivity index (χ4n) is 2.49. The number of ketones is 1. The predicted molar refractivity (Wildman–Crippen MR) is 79.7 cm³/mol. The van der Waals surface area contributed by atoms with Gasteiger partial charge in [0.1, 0.15) is 0 Å². The van der Waals surface area contributed by atoms with Crippen LogP contribution < -0.4 is 0 Å². The van der Waals surface area contributed by atoms with E-state index < -0.39 is 0 Å². The molecule has 0 aromatic heterocycles. The van der Waals surface area contributed by atoms with Gasteiger partial charge in [0.25, 0.3) is 0 Å². The number of nitrogens with zero attached hydrogens (tertiary/aromatic N) is 1. The van der Waals surface area contributed by atoms with Gasteiger partial charge in [-0.15, -0.1) is 0 Å². The fourth-order valence-corrected chi connectivity index (χ4v) is 2.49. The first-order valence-corrected chi connectivity index (χ1v) is 7.38. The number of aryl methyl sites for hydroxylation is 2. The number of carbonyl (C=O) groups is 1. The summed E-state index contributed by atoms with van der Waals surface area (Å²) in [5.74, 6) is 1.08. The van der Waals surface area contributed by atoms with Crippen LogP contribution in [0, 0.1) is 19.8 Å². The summed E-state index contributed by atoms with van der Waals surface area (Å²) in [6.07, 6.45) is 2.67. The standard InChI is InChI=1S/C17H25NO/c1-5-18(11-15-7-8-15)14(4)17(19)16-9-6-12(2)13(3)10-16/h6,9-10,14-15H,5,7-8,11H2,1-4H3. The molecule has 0 radical (unpaired) electrons. The van der Waals surface area contributed by atoms with Crippen molar-refractivity contribution in [2.24, 2.45) is 5.92 Å². The number of hydrogen-bond acceptors (Lipinski definition) is 2. The number of benzene rings is 1. The van der Waals surface area contributed by atoms with Crippen molar-refractivity contribution in [1.29, 1.82) is 0 Å². The van der Waals surface area contributed by atoms with E-state index in [4.69, 9.17) is 0 Å². The van der Waals surface area contributed by atoms with E-state index in [-0.39, 0.29) is 11.8 Å². The second kappa shape index (κ2) is 5.87. The van der Waals surface area contributed by atoms with Gasteiger partial charge in [-0.25, -0.2) is 0 Å². The lowest BCUT2D eigenvalue weighted by atomic mass is 9.99. The first-order chi connectivity index (χ1) is 9.02. The molecule has 1 aromatic carbocycles. The van der Waals surface area contributed by atoms with Crippen molar-refractivity contribution in [1.82, 2.24) is 4.90 Å². The van der Waals surface area contributed by atoms with E-state index in [0.29, 0.717) is 0 Å². The zero-order chi connectivity index (χ0) is 14.0. The van der Waals surface area contributed by atoms with E-state index in [0.717, 1.165) is 24.6 Å². The third-order valence-corrected chi connectivity index (χ3v) is 4.31. The van der Waals surface area contributed by atoms with Crippen LogP contribution in [-0.2, 0) is 0 Å². The van der Waals surface area contributed by atoms with Crippen molar-refractivity contribution in [3.8, 4) is 0 Å². The molecule has 2 rings (SSSR count). The average Bonchev–Trinajstić information content (AvgIpc) is 3.21. The Hall–Kier alpha value is -1.15. The normalized spacial score (nSPS) is 16.7. The molecule has 0 amide bonds. The van der Waals surface area contributed by atoms with Crippen molar-refractivity contribution in [3.63, 3.8) is 0 Å². The van der Waals surface area contributed by atoms with E-state index in [9.17, 15) is 4.79 Å². The van der Waals surface area contributed by atoms with E-state index in [1.54, 1.807) is 0 Å². The van der Waals surface area contributed by atoms with Gasteiger partial charge in [-0.05, 0) is 63.3 Å². The van der Waals surface area contributed by atoms with Gasteiger partial charge >= 0.3 is 0 Å². The fraction of sp³-hybridized carbons (Fsp3) is 0.588. The quantitative estimate of drug-likeness (QED) is 0.727. The summed E-state index contributed by atoms with van der Waals surface area (Å²) >= 11 is 0. The molecule has 0 bridgehead atoms. The topological polar surface area (TPSA) is 20.3 Å². The van der Waals surface area contributed by atoms with Gasteiger partial charge in [0.2, 0.25) is 0 Å². The molecular weight excluding hydrogens is 234 g/mol. The molecular formula is C17H25NO. The maximum Gasteiger partial charge on any atom is 0.179 e. The number of Topliss-reactive ketones (excluding diaryl/α,β-unsaturated/α-hetero) is 1. The lowest BCUT2D eigenvalue weighted by Crippen LogP contribution is -2.40. The Morgan fingerprint density at radius 3 is 2.53 bits per heavy atom. The van der Waals surface area contributed by atoms with E-state index >= 15 is 0 Å². The Labute approximate surface area is 116 Å². The molecule has 19 heavy (non-hydrogen) atoms. The van der Waals surface area contributed by atoms with Crippen molar-refractivity contribution in [2.75, 3.05) is 13.1 Å². The third-order valence-electron chi connectivity index (χ3n) is 4.31. The molecule has 0 spiro atoms. The van der Waals surface area contributed by atoms with Crippen LogP contribution in [0.25, 0.3) is 0 Å². The molecule has 104 valence electrons. The Morgan fingerprint density at radius 2 is 2.00 bits per heavy atom. The molecule has 2 heteroatoms. The van der Waals surface area contributed by atoms with Gasteiger partial charge in [0.05, 0.1) is 6.04 Å². The summed E-state index contributed by atoms with van der Waals surface area (Å²) in [5.41, 5.74) is 3.29. The van der Waals surface area contributed by atoms with Gasteiger partial charge in [0.15, 0.2) is 5.78 Å². The summed E-state index contributed by atoms with van der Waals surface area (Å²) in [5, 5.41) is 0. The largest absolute Gasteiger partial charge is 0.294 e. The van der Waals surface area contributed by atoms with Gasteiger partial charge < -0.3 is 0 Å². The van der Waals surface area contributed by atoms with E-state index in [1.807, 2.05) is 25.1 Å². The minimum Gasteiger partial charge on any atom is -0.294 e. The maximum atomic E-state index is 12.6. The van der Waals surface area contributed by atoms with Crippen LogP contribution >= 0.6 is 0 Å². The summed E-state index contributed by atoms with van der Waals surface area (Å²) in [4.78, 5) is 14.9.